The molecule has 90 valence electrons. The fourth-order valence-corrected chi connectivity index (χ4v) is 1.42. The SMILES string of the molecule is CCNc1cccc(NCCCN(C)C)n1. The Bertz CT molecular complexity index is 299. The van der Waals surface area contributed by atoms with Crippen LogP contribution in [0.4, 0.5) is 11.6 Å². The molecule has 0 amide bonds. The van der Waals surface area contributed by atoms with Crippen molar-refractivity contribution >= 4 is 11.6 Å². The second-order valence-corrected chi connectivity index (χ2v) is 4.02. The number of hydrogen-bond acceptors (Lipinski definition) is 4. The van der Waals surface area contributed by atoms with Crippen LogP contribution in [0.15, 0.2) is 18.2 Å². The van der Waals surface area contributed by atoms with Crippen LogP contribution < -0.4 is 10.6 Å². The summed E-state index contributed by atoms with van der Waals surface area (Å²) in [6, 6.07) is 5.99. The first-order valence-corrected chi connectivity index (χ1v) is 5.82. The zero-order valence-electron chi connectivity index (χ0n) is 10.5. The Morgan fingerprint density at radius 3 is 2.50 bits per heavy atom. The normalized spacial score (nSPS) is 10.5. The van der Waals surface area contributed by atoms with E-state index in [9.17, 15) is 0 Å². The smallest absolute Gasteiger partial charge is 0.128 e. The lowest BCUT2D eigenvalue weighted by Gasteiger charge is -2.11. The molecule has 1 aromatic rings. The van der Waals surface area contributed by atoms with Gasteiger partial charge < -0.3 is 15.5 Å². The largest absolute Gasteiger partial charge is 0.370 e. The molecule has 4 heteroatoms. The fraction of sp³-hybridized carbons (Fsp3) is 0.583. The zero-order valence-corrected chi connectivity index (χ0v) is 10.5. The Labute approximate surface area is 98.1 Å². The van der Waals surface area contributed by atoms with E-state index >= 15 is 0 Å². The van der Waals surface area contributed by atoms with Gasteiger partial charge in [-0.2, -0.15) is 0 Å². The Balaban J connectivity index is 2.33. The first-order chi connectivity index (χ1) is 7.72. The summed E-state index contributed by atoms with van der Waals surface area (Å²) in [4.78, 5) is 6.63. The molecule has 0 saturated carbocycles. The van der Waals surface area contributed by atoms with E-state index in [-0.39, 0.29) is 0 Å². The molecular formula is C12H22N4. The highest BCUT2D eigenvalue weighted by molar-refractivity contribution is 5.44. The molecule has 0 fully saturated rings. The van der Waals surface area contributed by atoms with Gasteiger partial charge in [-0.25, -0.2) is 4.98 Å². The molecule has 0 unspecified atom stereocenters. The summed E-state index contributed by atoms with van der Waals surface area (Å²) in [7, 11) is 4.17. The average molecular weight is 222 g/mol. The summed E-state index contributed by atoms with van der Waals surface area (Å²) < 4.78 is 0. The average Bonchev–Trinajstić information content (AvgIpc) is 2.25. The molecule has 2 N–H and O–H groups in total. The van der Waals surface area contributed by atoms with Gasteiger partial charge in [-0.3, -0.25) is 0 Å². The maximum atomic E-state index is 4.44. The standard InChI is InChI=1S/C12H22N4/c1-4-13-11-7-5-8-12(15-11)14-9-6-10-16(2)3/h5,7-8H,4,6,9-10H2,1-3H3,(H2,13,14,15). The molecule has 1 rings (SSSR count). The van der Waals surface area contributed by atoms with Crippen molar-refractivity contribution in [2.75, 3.05) is 44.4 Å². The molecule has 0 aliphatic carbocycles. The highest BCUT2D eigenvalue weighted by atomic mass is 15.1. The van der Waals surface area contributed by atoms with E-state index < -0.39 is 0 Å². The second-order valence-electron chi connectivity index (χ2n) is 4.02. The molecule has 0 aliphatic rings. The van der Waals surface area contributed by atoms with E-state index in [2.05, 4.69) is 41.5 Å². The molecule has 0 radical (unpaired) electrons. The van der Waals surface area contributed by atoms with Gasteiger partial charge >= 0.3 is 0 Å². The van der Waals surface area contributed by atoms with Gasteiger partial charge in [-0.15, -0.1) is 0 Å². The van der Waals surface area contributed by atoms with Crippen LogP contribution in [0.1, 0.15) is 13.3 Å². The number of nitrogens with one attached hydrogen (secondary N) is 2. The van der Waals surface area contributed by atoms with Crippen LogP contribution in [-0.2, 0) is 0 Å². The molecule has 0 spiro atoms. The fourth-order valence-electron chi connectivity index (χ4n) is 1.42. The topological polar surface area (TPSA) is 40.2 Å². The molecule has 1 heterocycles. The molecular weight excluding hydrogens is 200 g/mol. The number of pyridine rings is 1. The summed E-state index contributed by atoms with van der Waals surface area (Å²) in [6.07, 6.45) is 1.13. The van der Waals surface area contributed by atoms with Crippen LogP contribution in [0, 0.1) is 0 Å². The lowest BCUT2D eigenvalue weighted by Crippen LogP contribution is -2.16. The third kappa shape index (κ3) is 4.98. The van der Waals surface area contributed by atoms with E-state index in [1.54, 1.807) is 0 Å². The van der Waals surface area contributed by atoms with Crippen LogP contribution in [-0.4, -0.2) is 43.6 Å². The quantitative estimate of drug-likeness (QED) is 0.691. The van der Waals surface area contributed by atoms with Gasteiger partial charge in [0.2, 0.25) is 0 Å². The third-order valence-electron chi connectivity index (χ3n) is 2.20. The summed E-state index contributed by atoms with van der Waals surface area (Å²) in [5.41, 5.74) is 0. The summed E-state index contributed by atoms with van der Waals surface area (Å²) >= 11 is 0. The van der Waals surface area contributed by atoms with Crippen molar-refractivity contribution in [2.45, 2.75) is 13.3 Å². The van der Waals surface area contributed by atoms with Gasteiger partial charge in [0.05, 0.1) is 0 Å². The first kappa shape index (κ1) is 12.8. The minimum absolute atomic E-state index is 0.900. The van der Waals surface area contributed by atoms with Gasteiger partial charge in [0, 0.05) is 13.1 Å². The van der Waals surface area contributed by atoms with E-state index in [0.29, 0.717) is 0 Å². The van der Waals surface area contributed by atoms with Gasteiger partial charge in [-0.05, 0) is 46.1 Å². The molecule has 4 nitrogen and oxygen atoms in total. The lowest BCUT2D eigenvalue weighted by molar-refractivity contribution is 0.405. The van der Waals surface area contributed by atoms with Crippen molar-refractivity contribution in [1.82, 2.24) is 9.88 Å². The van der Waals surface area contributed by atoms with Crippen LogP contribution in [0.2, 0.25) is 0 Å². The molecule has 0 atom stereocenters. The molecule has 0 aromatic carbocycles. The summed E-state index contributed by atoms with van der Waals surface area (Å²) in [5, 5.41) is 6.52. The third-order valence-corrected chi connectivity index (χ3v) is 2.20. The van der Waals surface area contributed by atoms with Crippen molar-refractivity contribution in [1.29, 1.82) is 0 Å². The van der Waals surface area contributed by atoms with Crippen molar-refractivity contribution in [3.63, 3.8) is 0 Å². The lowest BCUT2D eigenvalue weighted by atomic mass is 10.4. The first-order valence-electron chi connectivity index (χ1n) is 5.82. The minimum atomic E-state index is 0.900. The molecule has 1 aromatic heterocycles. The van der Waals surface area contributed by atoms with Crippen molar-refractivity contribution in [3.8, 4) is 0 Å². The van der Waals surface area contributed by atoms with Gasteiger partial charge in [0.25, 0.3) is 0 Å². The van der Waals surface area contributed by atoms with Crippen molar-refractivity contribution in [2.24, 2.45) is 0 Å². The Morgan fingerprint density at radius 2 is 1.88 bits per heavy atom. The monoisotopic (exact) mass is 222 g/mol. The predicted octanol–water partition coefficient (Wildman–Crippen LogP) is 1.88. The second kappa shape index (κ2) is 7.06. The van der Waals surface area contributed by atoms with Gasteiger partial charge in [-0.1, -0.05) is 6.07 Å². The highest BCUT2D eigenvalue weighted by Crippen LogP contribution is 2.08. The Morgan fingerprint density at radius 1 is 1.19 bits per heavy atom. The highest BCUT2D eigenvalue weighted by Gasteiger charge is 1.96. The number of rotatable bonds is 7. The van der Waals surface area contributed by atoms with Crippen LogP contribution in [0.25, 0.3) is 0 Å². The number of anilines is 2. The van der Waals surface area contributed by atoms with E-state index in [1.165, 1.54) is 0 Å². The molecule has 0 bridgehead atoms. The summed E-state index contributed by atoms with van der Waals surface area (Å²) in [5.74, 6) is 1.87. The Hall–Kier alpha value is -1.29. The zero-order chi connectivity index (χ0) is 11.8. The minimum Gasteiger partial charge on any atom is -0.370 e. The predicted molar refractivity (Wildman–Crippen MR) is 70.1 cm³/mol. The molecule has 0 saturated heterocycles. The maximum absolute atomic E-state index is 4.44. The van der Waals surface area contributed by atoms with Crippen LogP contribution >= 0.6 is 0 Å². The van der Waals surface area contributed by atoms with Crippen molar-refractivity contribution < 1.29 is 0 Å². The van der Waals surface area contributed by atoms with Crippen LogP contribution in [0.3, 0.4) is 0 Å². The van der Waals surface area contributed by atoms with E-state index in [4.69, 9.17) is 0 Å². The van der Waals surface area contributed by atoms with Gasteiger partial charge in [0.15, 0.2) is 0 Å². The number of aromatic nitrogens is 1. The molecule has 16 heavy (non-hydrogen) atoms. The van der Waals surface area contributed by atoms with Crippen LogP contribution in [0.5, 0.6) is 0 Å². The maximum Gasteiger partial charge on any atom is 0.128 e. The number of hydrogen-bond donors (Lipinski definition) is 2. The number of nitrogens with zero attached hydrogens (tertiary/aromatic N) is 2. The summed E-state index contributed by atoms with van der Waals surface area (Å²) in [6.45, 7) is 5.02. The van der Waals surface area contributed by atoms with E-state index in [0.717, 1.165) is 37.7 Å². The Kier molecular flexibility index (Phi) is 5.64. The molecule has 0 aliphatic heterocycles. The van der Waals surface area contributed by atoms with E-state index in [1.807, 2.05) is 18.2 Å². The van der Waals surface area contributed by atoms with Gasteiger partial charge in [0.1, 0.15) is 11.6 Å². The van der Waals surface area contributed by atoms with Crippen molar-refractivity contribution in [3.05, 3.63) is 18.2 Å².